The summed E-state index contributed by atoms with van der Waals surface area (Å²) >= 11 is 0. The first-order valence-electron chi connectivity index (χ1n) is 13.9. The van der Waals surface area contributed by atoms with Gasteiger partial charge in [0.25, 0.3) is 5.56 Å². The van der Waals surface area contributed by atoms with Gasteiger partial charge in [0.2, 0.25) is 0 Å². The van der Waals surface area contributed by atoms with Gasteiger partial charge < -0.3 is 0 Å². The van der Waals surface area contributed by atoms with Crippen LogP contribution in [0.2, 0.25) is 0 Å². The first-order valence-corrected chi connectivity index (χ1v) is 13.9. The average Bonchev–Trinajstić information content (AvgIpc) is 3.44. The molecule has 0 aliphatic carbocycles. The number of rotatable bonds is 3. The standard InChI is InChI=1S/C38H23N3O/c1-23-11-9-10-16-27(23)28-17-18-29-34-30(19-20-32(39-2)35(28)34)38(42)41-33-22-26(24-12-5-3-6-13-24)21-31(36(33)40-37(29)41)25-14-7-4-8-15-25/h3-22H,1H3. The van der Waals surface area contributed by atoms with Gasteiger partial charge >= 0.3 is 0 Å². The molecule has 0 N–H and O–H groups in total. The number of benzene rings is 6. The van der Waals surface area contributed by atoms with Crippen LogP contribution in [0.5, 0.6) is 0 Å². The van der Waals surface area contributed by atoms with Gasteiger partial charge in [-0.1, -0.05) is 109 Å². The van der Waals surface area contributed by atoms with Crippen molar-refractivity contribution in [2.75, 3.05) is 0 Å². The summed E-state index contributed by atoms with van der Waals surface area (Å²) in [4.78, 5) is 23.5. The van der Waals surface area contributed by atoms with Gasteiger partial charge in [0.1, 0.15) is 5.65 Å². The molecule has 0 fully saturated rings. The van der Waals surface area contributed by atoms with Gasteiger partial charge in [0, 0.05) is 16.3 Å². The third kappa shape index (κ3) is 3.41. The zero-order valence-electron chi connectivity index (χ0n) is 22.8. The molecule has 0 bridgehead atoms. The zero-order chi connectivity index (χ0) is 28.4. The van der Waals surface area contributed by atoms with E-state index in [0.29, 0.717) is 16.7 Å². The molecular formula is C38H23N3O. The molecule has 8 aromatic rings. The monoisotopic (exact) mass is 537 g/mol. The summed E-state index contributed by atoms with van der Waals surface area (Å²) in [6, 6.07) is 40.5. The van der Waals surface area contributed by atoms with E-state index in [1.165, 1.54) is 0 Å². The fourth-order valence-electron chi connectivity index (χ4n) is 6.35. The topological polar surface area (TPSA) is 38.7 Å². The lowest BCUT2D eigenvalue weighted by Crippen LogP contribution is -2.13. The molecule has 4 nitrogen and oxygen atoms in total. The molecule has 196 valence electrons. The highest BCUT2D eigenvalue weighted by molar-refractivity contribution is 6.23. The lowest BCUT2D eigenvalue weighted by molar-refractivity contribution is 1.19. The Morgan fingerprint density at radius 3 is 2.07 bits per heavy atom. The quantitative estimate of drug-likeness (QED) is 0.211. The van der Waals surface area contributed by atoms with Crippen molar-refractivity contribution in [1.82, 2.24) is 9.38 Å². The summed E-state index contributed by atoms with van der Waals surface area (Å²) in [6.07, 6.45) is 0. The Morgan fingerprint density at radius 1 is 0.643 bits per heavy atom. The van der Waals surface area contributed by atoms with E-state index in [1.54, 1.807) is 16.5 Å². The van der Waals surface area contributed by atoms with Crippen LogP contribution in [0.1, 0.15) is 5.56 Å². The SMILES string of the molecule is [C-]#[N+]c1ccc2c(=O)n3c4cc(-c5ccccc5)cc(-c5ccccc5)c4nc3c3ccc(-c4ccccc4C)c1c23. The van der Waals surface area contributed by atoms with Crippen molar-refractivity contribution in [2.45, 2.75) is 6.92 Å². The van der Waals surface area contributed by atoms with E-state index in [9.17, 15) is 4.79 Å². The molecule has 0 radical (unpaired) electrons. The van der Waals surface area contributed by atoms with Gasteiger partial charge in [0.15, 0.2) is 5.69 Å². The second kappa shape index (κ2) is 9.12. The van der Waals surface area contributed by atoms with Crippen LogP contribution in [-0.2, 0) is 0 Å². The molecule has 0 aliphatic heterocycles. The third-order valence-electron chi connectivity index (χ3n) is 8.32. The summed E-state index contributed by atoms with van der Waals surface area (Å²) in [5.74, 6) is 0. The minimum absolute atomic E-state index is 0.132. The molecule has 0 unspecified atom stereocenters. The maximum Gasteiger partial charge on any atom is 0.264 e. The average molecular weight is 538 g/mol. The van der Waals surface area contributed by atoms with Crippen molar-refractivity contribution >= 4 is 43.9 Å². The van der Waals surface area contributed by atoms with E-state index >= 15 is 0 Å². The van der Waals surface area contributed by atoms with E-state index in [4.69, 9.17) is 11.6 Å². The largest absolute Gasteiger partial charge is 0.268 e. The Hall–Kier alpha value is -5.79. The Kier molecular flexibility index (Phi) is 5.22. The molecule has 2 aromatic heterocycles. The summed E-state index contributed by atoms with van der Waals surface area (Å²) in [5.41, 5.74) is 9.77. The third-order valence-corrected chi connectivity index (χ3v) is 8.32. The van der Waals surface area contributed by atoms with Crippen LogP contribution in [-0.4, -0.2) is 9.38 Å². The lowest BCUT2D eigenvalue weighted by atomic mass is 9.91. The molecular weight excluding hydrogens is 514 g/mol. The summed E-state index contributed by atoms with van der Waals surface area (Å²) in [5, 5.41) is 3.04. The van der Waals surface area contributed by atoms with E-state index < -0.39 is 0 Å². The molecule has 0 aliphatic rings. The maximum absolute atomic E-state index is 14.4. The highest BCUT2D eigenvalue weighted by atomic mass is 16.1. The Labute approximate surface area is 241 Å². The van der Waals surface area contributed by atoms with Gasteiger partial charge in [0.05, 0.1) is 17.6 Å². The summed E-state index contributed by atoms with van der Waals surface area (Å²) < 4.78 is 1.76. The number of fused-ring (bicyclic) bond motifs is 4. The number of hydrogen-bond acceptors (Lipinski definition) is 2. The second-order valence-electron chi connectivity index (χ2n) is 10.7. The molecule has 0 spiro atoms. The molecule has 6 aromatic carbocycles. The van der Waals surface area contributed by atoms with Crippen LogP contribution in [0.15, 0.2) is 126 Å². The number of hydrogen-bond donors (Lipinski definition) is 0. The van der Waals surface area contributed by atoms with Crippen LogP contribution >= 0.6 is 0 Å². The highest BCUT2D eigenvalue weighted by Gasteiger charge is 2.22. The Balaban J connectivity index is 1.56. The predicted octanol–water partition coefficient (Wildman–Crippen LogP) is 9.45. The maximum atomic E-state index is 14.4. The van der Waals surface area contributed by atoms with Gasteiger partial charge in [-0.3, -0.25) is 9.20 Å². The molecule has 0 saturated carbocycles. The summed E-state index contributed by atoms with van der Waals surface area (Å²) in [6.45, 7) is 10.1. The minimum Gasteiger partial charge on any atom is -0.268 e. The van der Waals surface area contributed by atoms with Crippen LogP contribution in [0, 0.1) is 13.5 Å². The second-order valence-corrected chi connectivity index (χ2v) is 10.7. The van der Waals surface area contributed by atoms with Gasteiger partial charge in [-0.25, -0.2) is 9.83 Å². The smallest absolute Gasteiger partial charge is 0.264 e. The fraction of sp³-hybridized carbons (Fsp3) is 0.0263. The number of aryl methyl sites for hydroxylation is 1. The molecule has 0 saturated heterocycles. The van der Waals surface area contributed by atoms with E-state index in [1.807, 2.05) is 48.5 Å². The minimum atomic E-state index is -0.132. The van der Waals surface area contributed by atoms with Gasteiger partial charge in [-0.15, -0.1) is 0 Å². The normalized spacial score (nSPS) is 11.5. The van der Waals surface area contributed by atoms with Crippen LogP contribution in [0.3, 0.4) is 0 Å². The molecule has 8 rings (SSSR count). The van der Waals surface area contributed by atoms with Crippen LogP contribution in [0.25, 0.3) is 76.5 Å². The van der Waals surface area contributed by atoms with E-state index in [0.717, 1.165) is 66.1 Å². The first kappa shape index (κ1) is 24.0. The Morgan fingerprint density at radius 2 is 1.33 bits per heavy atom. The zero-order valence-corrected chi connectivity index (χ0v) is 22.8. The number of nitrogens with zero attached hydrogens (tertiary/aromatic N) is 3. The Bertz CT molecular complexity index is 2440. The van der Waals surface area contributed by atoms with Crippen molar-refractivity contribution in [2.24, 2.45) is 0 Å². The van der Waals surface area contributed by atoms with Crippen molar-refractivity contribution in [3.05, 3.63) is 149 Å². The van der Waals surface area contributed by atoms with Crippen molar-refractivity contribution in [3.63, 3.8) is 0 Å². The first-order chi connectivity index (χ1) is 20.6. The molecule has 42 heavy (non-hydrogen) atoms. The molecule has 4 heteroatoms. The van der Waals surface area contributed by atoms with Crippen molar-refractivity contribution in [1.29, 1.82) is 0 Å². The summed E-state index contributed by atoms with van der Waals surface area (Å²) in [7, 11) is 0. The van der Waals surface area contributed by atoms with Gasteiger partial charge in [-0.05, 0) is 63.2 Å². The van der Waals surface area contributed by atoms with Crippen molar-refractivity contribution in [3.8, 4) is 33.4 Å². The van der Waals surface area contributed by atoms with Crippen LogP contribution < -0.4 is 5.56 Å². The molecule has 0 atom stereocenters. The van der Waals surface area contributed by atoms with Crippen molar-refractivity contribution < 1.29 is 0 Å². The van der Waals surface area contributed by atoms with Crippen LogP contribution in [0.4, 0.5) is 5.69 Å². The fourth-order valence-corrected chi connectivity index (χ4v) is 6.35. The van der Waals surface area contributed by atoms with Gasteiger partial charge in [-0.2, -0.15) is 0 Å². The van der Waals surface area contributed by atoms with E-state index in [-0.39, 0.29) is 5.56 Å². The number of aromatic nitrogens is 2. The number of pyridine rings is 1. The predicted molar refractivity (Wildman–Crippen MR) is 172 cm³/mol. The van der Waals surface area contributed by atoms with E-state index in [2.05, 4.69) is 72.4 Å². The molecule has 2 heterocycles. The highest BCUT2D eigenvalue weighted by Crippen LogP contribution is 2.43. The molecule has 0 amide bonds. The number of imidazole rings is 1. The lowest BCUT2D eigenvalue weighted by Gasteiger charge is -2.15.